The fourth-order valence-electron chi connectivity index (χ4n) is 9.77. The minimum atomic E-state index is -0.473. The van der Waals surface area contributed by atoms with Gasteiger partial charge in [0.15, 0.2) is 0 Å². The first-order chi connectivity index (χ1) is 27.3. The zero-order valence-corrected chi connectivity index (χ0v) is 29.9. The molecule has 1 aliphatic carbocycles. The van der Waals surface area contributed by atoms with Gasteiger partial charge in [-0.3, -0.25) is 0 Å². The standard InChI is InChI=1S/C53H33NO/c1-3-15-36(16-4-1)53(37-17-5-2-6-18-37)46-24-11-9-20-41(46)44-32-45-42-23-13-22-40(52(42)55-50(45)33-47(44)53)35-26-29-38(30-27-35)54-48-25-12-10-21-43(48)51-39-19-8-7-14-34(39)28-31-49(51)54/h1-33H. The van der Waals surface area contributed by atoms with Gasteiger partial charge in [0, 0.05) is 32.8 Å². The van der Waals surface area contributed by atoms with Crippen LogP contribution in [0.25, 0.3) is 82.5 Å². The van der Waals surface area contributed by atoms with Crippen LogP contribution in [0.3, 0.4) is 0 Å². The molecule has 0 unspecified atom stereocenters. The molecule has 9 aromatic carbocycles. The minimum absolute atomic E-state index is 0.473. The summed E-state index contributed by atoms with van der Waals surface area (Å²) in [5.41, 5.74) is 14.7. The van der Waals surface area contributed by atoms with E-state index >= 15 is 0 Å². The number of rotatable bonds is 4. The SMILES string of the molecule is c1ccc(C2(c3ccccc3)c3ccccc3-c3cc4c(cc32)oc2c(-c3ccc(-n5c6ccccc6c6c7ccccc7ccc65)cc3)cccc24)cc1. The highest BCUT2D eigenvalue weighted by Gasteiger charge is 2.46. The summed E-state index contributed by atoms with van der Waals surface area (Å²) in [6, 6.07) is 73.0. The van der Waals surface area contributed by atoms with E-state index in [0.29, 0.717) is 0 Å². The van der Waals surface area contributed by atoms with Crippen molar-refractivity contribution in [3.8, 4) is 27.9 Å². The number of hydrogen-bond acceptors (Lipinski definition) is 1. The van der Waals surface area contributed by atoms with E-state index in [9.17, 15) is 0 Å². The first kappa shape index (κ1) is 30.3. The van der Waals surface area contributed by atoms with Gasteiger partial charge in [0.25, 0.3) is 0 Å². The highest BCUT2D eigenvalue weighted by atomic mass is 16.3. The van der Waals surface area contributed by atoms with Crippen LogP contribution in [0.15, 0.2) is 205 Å². The van der Waals surface area contributed by atoms with Gasteiger partial charge >= 0.3 is 0 Å². The van der Waals surface area contributed by atoms with Crippen molar-refractivity contribution in [2.45, 2.75) is 5.41 Å². The molecule has 0 spiro atoms. The van der Waals surface area contributed by atoms with Crippen LogP contribution in [0.2, 0.25) is 0 Å². The fraction of sp³-hybridized carbons (Fsp3) is 0.0189. The third kappa shape index (κ3) is 4.14. The number of aromatic nitrogens is 1. The van der Waals surface area contributed by atoms with E-state index in [0.717, 1.165) is 38.8 Å². The number of benzene rings is 9. The van der Waals surface area contributed by atoms with Gasteiger partial charge in [0.2, 0.25) is 0 Å². The second-order valence-electron chi connectivity index (χ2n) is 14.8. The summed E-state index contributed by atoms with van der Waals surface area (Å²) < 4.78 is 9.38. The molecule has 2 aromatic heterocycles. The summed E-state index contributed by atoms with van der Waals surface area (Å²) in [6.45, 7) is 0. The van der Waals surface area contributed by atoms with Crippen LogP contribution in [0.4, 0.5) is 0 Å². The summed E-state index contributed by atoms with van der Waals surface area (Å²) in [6.07, 6.45) is 0. The van der Waals surface area contributed by atoms with E-state index in [1.165, 1.54) is 66.0 Å². The monoisotopic (exact) mass is 699 g/mol. The molecule has 2 nitrogen and oxygen atoms in total. The van der Waals surface area contributed by atoms with Crippen LogP contribution in [-0.2, 0) is 5.41 Å². The van der Waals surface area contributed by atoms with Gasteiger partial charge < -0.3 is 8.98 Å². The third-order valence-corrected chi connectivity index (χ3v) is 12.1. The van der Waals surface area contributed by atoms with Crippen molar-refractivity contribution in [2.24, 2.45) is 0 Å². The molecule has 0 N–H and O–H groups in total. The molecule has 0 saturated heterocycles. The van der Waals surface area contributed by atoms with Crippen LogP contribution in [0, 0.1) is 0 Å². The molecule has 1 aliphatic rings. The molecule has 11 aromatic rings. The third-order valence-electron chi connectivity index (χ3n) is 12.1. The molecule has 0 aliphatic heterocycles. The second-order valence-corrected chi connectivity index (χ2v) is 14.8. The van der Waals surface area contributed by atoms with E-state index < -0.39 is 5.41 Å². The van der Waals surface area contributed by atoms with Crippen LogP contribution in [-0.4, -0.2) is 4.57 Å². The van der Waals surface area contributed by atoms with Crippen molar-refractivity contribution in [2.75, 3.05) is 0 Å². The fourth-order valence-corrected chi connectivity index (χ4v) is 9.77. The van der Waals surface area contributed by atoms with Crippen molar-refractivity contribution in [1.82, 2.24) is 4.57 Å². The zero-order chi connectivity index (χ0) is 36.1. The van der Waals surface area contributed by atoms with Crippen LogP contribution < -0.4 is 0 Å². The lowest BCUT2D eigenvalue weighted by Crippen LogP contribution is -2.28. The number of para-hydroxylation sites is 2. The number of fused-ring (bicyclic) bond motifs is 11. The summed E-state index contributed by atoms with van der Waals surface area (Å²) in [5.74, 6) is 0. The normalized spacial score (nSPS) is 13.2. The predicted octanol–water partition coefficient (Wildman–Crippen LogP) is 13.9. The Bertz CT molecular complexity index is 3260. The molecule has 12 rings (SSSR count). The molecular weight excluding hydrogens is 667 g/mol. The van der Waals surface area contributed by atoms with Crippen LogP contribution >= 0.6 is 0 Å². The highest BCUT2D eigenvalue weighted by molar-refractivity contribution is 6.21. The maximum atomic E-state index is 6.98. The van der Waals surface area contributed by atoms with Gasteiger partial charge in [0.1, 0.15) is 11.2 Å². The molecule has 0 bridgehead atoms. The second kappa shape index (κ2) is 11.4. The maximum Gasteiger partial charge on any atom is 0.143 e. The maximum absolute atomic E-state index is 6.98. The number of furan rings is 1. The Hall–Kier alpha value is -7.16. The molecule has 0 amide bonds. The average molecular weight is 700 g/mol. The molecule has 0 fully saturated rings. The molecule has 2 heteroatoms. The Balaban J connectivity index is 1.04. The lowest BCUT2D eigenvalue weighted by molar-refractivity contribution is 0.667. The van der Waals surface area contributed by atoms with E-state index in [2.05, 4.69) is 205 Å². The van der Waals surface area contributed by atoms with Crippen molar-refractivity contribution in [1.29, 1.82) is 0 Å². The summed E-state index contributed by atoms with van der Waals surface area (Å²) in [4.78, 5) is 0. The molecule has 2 heterocycles. The summed E-state index contributed by atoms with van der Waals surface area (Å²) in [7, 11) is 0. The summed E-state index contributed by atoms with van der Waals surface area (Å²) in [5, 5.41) is 7.36. The Labute approximate surface area is 318 Å². The first-order valence-electron chi connectivity index (χ1n) is 19.0. The van der Waals surface area contributed by atoms with E-state index in [4.69, 9.17) is 4.42 Å². The van der Waals surface area contributed by atoms with Gasteiger partial charge in [-0.1, -0.05) is 164 Å². The van der Waals surface area contributed by atoms with Crippen molar-refractivity contribution in [3.05, 3.63) is 222 Å². The van der Waals surface area contributed by atoms with Crippen molar-refractivity contribution >= 4 is 54.5 Å². The molecule has 0 radical (unpaired) electrons. The van der Waals surface area contributed by atoms with E-state index in [1.807, 2.05) is 0 Å². The smallest absolute Gasteiger partial charge is 0.143 e. The zero-order valence-electron chi connectivity index (χ0n) is 29.9. The Morgan fingerprint density at radius 3 is 1.85 bits per heavy atom. The molecule has 0 saturated carbocycles. The quantitative estimate of drug-likeness (QED) is 0.179. The van der Waals surface area contributed by atoms with Gasteiger partial charge in [-0.15, -0.1) is 0 Å². The largest absolute Gasteiger partial charge is 0.455 e. The van der Waals surface area contributed by atoms with Crippen LogP contribution in [0.5, 0.6) is 0 Å². The molecular formula is C53H33NO. The Kier molecular flexibility index (Phi) is 6.29. The minimum Gasteiger partial charge on any atom is -0.455 e. The van der Waals surface area contributed by atoms with Gasteiger partial charge in [-0.05, 0) is 86.1 Å². The molecule has 256 valence electrons. The Morgan fingerprint density at radius 1 is 0.400 bits per heavy atom. The van der Waals surface area contributed by atoms with Gasteiger partial charge in [-0.25, -0.2) is 0 Å². The molecule has 0 atom stereocenters. The van der Waals surface area contributed by atoms with E-state index in [1.54, 1.807) is 0 Å². The highest BCUT2D eigenvalue weighted by Crippen LogP contribution is 2.57. The van der Waals surface area contributed by atoms with Crippen LogP contribution in [0.1, 0.15) is 22.3 Å². The number of hydrogen-bond donors (Lipinski definition) is 0. The molecule has 55 heavy (non-hydrogen) atoms. The van der Waals surface area contributed by atoms with Gasteiger partial charge in [0.05, 0.1) is 16.4 Å². The van der Waals surface area contributed by atoms with Gasteiger partial charge in [-0.2, -0.15) is 0 Å². The summed E-state index contributed by atoms with van der Waals surface area (Å²) >= 11 is 0. The van der Waals surface area contributed by atoms with Crippen molar-refractivity contribution < 1.29 is 4.42 Å². The lowest BCUT2D eigenvalue weighted by Gasteiger charge is -2.33. The average Bonchev–Trinajstić information content (AvgIpc) is 3.90. The predicted molar refractivity (Wildman–Crippen MR) is 228 cm³/mol. The topological polar surface area (TPSA) is 18.1 Å². The Morgan fingerprint density at radius 2 is 1.05 bits per heavy atom. The first-order valence-corrected chi connectivity index (χ1v) is 19.0. The lowest BCUT2D eigenvalue weighted by atomic mass is 9.67. The number of nitrogens with zero attached hydrogens (tertiary/aromatic N) is 1. The van der Waals surface area contributed by atoms with Crippen molar-refractivity contribution in [3.63, 3.8) is 0 Å². The van der Waals surface area contributed by atoms with E-state index in [-0.39, 0.29) is 0 Å².